The molecule has 0 radical (unpaired) electrons. The Morgan fingerprint density at radius 2 is 1.48 bits per heavy atom. The summed E-state index contributed by atoms with van der Waals surface area (Å²) in [6, 6.07) is -0.945. The number of carbonyl (C=O) groups is 4. The monoisotopic (exact) mass is 584 g/mol. The number of hydrogen-bond donors (Lipinski definition) is 4. The minimum atomic E-state index is -0.527. The molecule has 4 N–H and O–H groups in total. The van der Waals surface area contributed by atoms with Gasteiger partial charge in [-0.1, -0.05) is 57.4 Å². The molecular weight excluding hydrogens is 528 g/mol. The minimum Gasteiger partial charge on any atom is -0.356 e. The number of carbonyl (C=O) groups excluding carboxylic acids is 4. The van der Waals surface area contributed by atoms with Crippen LogP contribution in [0.4, 0.5) is 0 Å². The first-order valence-electron chi connectivity index (χ1n) is 16.6. The predicted octanol–water partition coefficient (Wildman–Crippen LogP) is 5.21. The van der Waals surface area contributed by atoms with Crippen LogP contribution in [0.1, 0.15) is 135 Å². The molecule has 0 aliphatic carbocycles. The molecule has 0 saturated carbocycles. The van der Waals surface area contributed by atoms with Crippen LogP contribution in [-0.2, 0) is 19.2 Å². The van der Waals surface area contributed by atoms with Crippen LogP contribution in [0.15, 0.2) is 12.7 Å². The Kier molecular flexibility index (Phi) is 18.4. The summed E-state index contributed by atoms with van der Waals surface area (Å²) in [6.45, 7) is 4.32. The van der Waals surface area contributed by atoms with E-state index in [-0.39, 0.29) is 48.2 Å². The van der Waals surface area contributed by atoms with Crippen molar-refractivity contribution < 1.29 is 19.2 Å². The Labute approximate surface area is 254 Å². The minimum absolute atomic E-state index is 0.0207. The molecular formula is C34H56N4O4. The van der Waals surface area contributed by atoms with Crippen molar-refractivity contribution in [3.05, 3.63) is 12.7 Å². The van der Waals surface area contributed by atoms with E-state index in [9.17, 15) is 19.2 Å². The summed E-state index contributed by atoms with van der Waals surface area (Å²) in [5.74, 6) is 1.81. The molecule has 2 heterocycles. The van der Waals surface area contributed by atoms with Gasteiger partial charge >= 0.3 is 0 Å². The van der Waals surface area contributed by atoms with Crippen molar-refractivity contribution in [3.63, 3.8) is 0 Å². The van der Waals surface area contributed by atoms with E-state index in [2.05, 4.69) is 33.8 Å². The van der Waals surface area contributed by atoms with Crippen LogP contribution in [0.2, 0.25) is 0 Å². The molecule has 4 amide bonds. The molecule has 4 atom stereocenters. The van der Waals surface area contributed by atoms with Crippen LogP contribution in [0.25, 0.3) is 0 Å². The molecule has 2 aliphatic heterocycles. The first-order valence-corrected chi connectivity index (χ1v) is 16.6. The van der Waals surface area contributed by atoms with Crippen molar-refractivity contribution in [2.24, 2.45) is 5.92 Å². The molecule has 2 saturated heterocycles. The molecule has 0 aromatic heterocycles. The van der Waals surface area contributed by atoms with Crippen molar-refractivity contribution in [1.82, 2.24) is 21.3 Å². The maximum atomic E-state index is 13.1. The van der Waals surface area contributed by atoms with Crippen molar-refractivity contribution in [2.45, 2.75) is 153 Å². The van der Waals surface area contributed by atoms with E-state index >= 15 is 0 Å². The zero-order valence-corrected chi connectivity index (χ0v) is 25.9. The Morgan fingerprint density at radius 1 is 0.857 bits per heavy atom. The molecule has 0 aromatic rings. The Morgan fingerprint density at radius 3 is 2.14 bits per heavy atom. The Bertz CT molecular complexity index is 883. The third-order valence-corrected chi connectivity index (χ3v) is 8.51. The topological polar surface area (TPSA) is 116 Å². The fourth-order valence-corrected chi connectivity index (χ4v) is 6.16. The number of hydrogen-bond acceptors (Lipinski definition) is 4. The Balaban J connectivity index is 1.79. The molecule has 8 nitrogen and oxygen atoms in total. The highest BCUT2D eigenvalue weighted by molar-refractivity contribution is 5.84. The van der Waals surface area contributed by atoms with Crippen molar-refractivity contribution in [2.75, 3.05) is 6.54 Å². The van der Waals surface area contributed by atoms with Gasteiger partial charge in [0.25, 0.3) is 0 Å². The summed E-state index contributed by atoms with van der Waals surface area (Å²) < 4.78 is 0. The van der Waals surface area contributed by atoms with Crippen molar-refractivity contribution >= 4 is 23.6 Å². The smallest absolute Gasteiger partial charge is 0.227 e. The lowest BCUT2D eigenvalue weighted by Gasteiger charge is -2.31. The molecule has 2 unspecified atom stereocenters. The second kappa shape index (κ2) is 21.8. The van der Waals surface area contributed by atoms with Crippen LogP contribution in [0, 0.1) is 18.3 Å². The van der Waals surface area contributed by atoms with Gasteiger partial charge in [0.05, 0.1) is 5.92 Å². The van der Waals surface area contributed by atoms with Crippen LogP contribution < -0.4 is 21.3 Å². The van der Waals surface area contributed by atoms with Crippen molar-refractivity contribution in [1.29, 1.82) is 0 Å². The van der Waals surface area contributed by atoms with Crippen LogP contribution in [-0.4, -0.2) is 48.3 Å². The molecule has 2 fully saturated rings. The van der Waals surface area contributed by atoms with E-state index in [0.717, 1.165) is 77.0 Å². The van der Waals surface area contributed by atoms with Crippen LogP contribution in [0.3, 0.4) is 0 Å². The van der Waals surface area contributed by atoms with Gasteiger partial charge in [0.2, 0.25) is 23.6 Å². The summed E-state index contributed by atoms with van der Waals surface area (Å²) >= 11 is 0. The SMILES string of the molecule is C#CCCCCCCCCC(=O)NC1CC[C@@H](C2C(=O)NCCC[C@@H]2NC(=O)CCCCCCCCC=C)NC(=O)C1. The van der Waals surface area contributed by atoms with Gasteiger partial charge in [-0.25, -0.2) is 0 Å². The third-order valence-electron chi connectivity index (χ3n) is 8.51. The highest BCUT2D eigenvalue weighted by Gasteiger charge is 2.40. The molecule has 42 heavy (non-hydrogen) atoms. The first kappa shape index (κ1) is 35.4. The fourth-order valence-electron chi connectivity index (χ4n) is 6.16. The molecule has 2 rings (SSSR count). The second-order valence-corrected chi connectivity index (χ2v) is 12.1. The van der Waals surface area contributed by atoms with E-state index in [1.54, 1.807) is 0 Å². The molecule has 0 spiro atoms. The van der Waals surface area contributed by atoms with Gasteiger partial charge in [0, 0.05) is 50.4 Å². The van der Waals surface area contributed by atoms with E-state index in [1.165, 1.54) is 19.3 Å². The van der Waals surface area contributed by atoms with E-state index in [4.69, 9.17) is 6.42 Å². The van der Waals surface area contributed by atoms with Gasteiger partial charge in [-0.05, 0) is 57.8 Å². The number of rotatable bonds is 20. The lowest BCUT2D eigenvalue weighted by atomic mass is 9.86. The molecule has 0 bridgehead atoms. The maximum Gasteiger partial charge on any atom is 0.227 e. The highest BCUT2D eigenvalue weighted by atomic mass is 16.2. The number of allylic oxidation sites excluding steroid dienone is 1. The summed E-state index contributed by atoms with van der Waals surface area (Å²) in [4.78, 5) is 51.4. The van der Waals surface area contributed by atoms with Gasteiger partial charge in [-0.3, -0.25) is 19.2 Å². The average Bonchev–Trinajstić information content (AvgIpc) is 3.25. The molecule has 2 aliphatic rings. The summed E-state index contributed by atoms with van der Waals surface area (Å²) in [7, 11) is 0. The second-order valence-electron chi connectivity index (χ2n) is 12.1. The quantitative estimate of drug-likeness (QED) is 0.0893. The number of nitrogens with one attached hydrogen (secondary N) is 4. The number of amides is 4. The lowest BCUT2D eigenvalue weighted by Crippen LogP contribution is -2.54. The third kappa shape index (κ3) is 14.9. The maximum absolute atomic E-state index is 13.1. The highest BCUT2D eigenvalue weighted by Crippen LogP contribution is 2.24. The largest absolute Gasteiger partial charge is 0.356 e. The van der Waals surface area contributed by atoms with Gasteiger partial charge in [0.1, 0.15) is 0 Å². The Hall–Kier alpha value is -2.82. The van der Waals surface area contributed by atoms with Crippen LogP contribution in [0.5, 0.6) is 0 Å². The number of unbranched alkanes of at least 4 members (excludes halogenated alkanes) is 12. The van der Waals surface area contributed by atoms with E-state index < -0.39 is 5.92 Å². The molecule has 236 valence electrons. The summed E-state index contributed by atoms with van der Waals surface area (Å²) in [5, 5.41) is 12.2. The molecule has 0 aromatic carbocycles. The molecule has 8 heteroatoms. The zero-order chi connectivity index (χ0) is 30.4. The zero-order valence-electron chi connectivity index (χ0n) is 25.9. The van der Waals surface area contributed by atoms with Gasteiger partial charge in [-0.15, -0.1) is 18.9 Å². The average molecular weight is 585 g/mol. The predicted molar refractivity (Wildman–Crippen MR) is 168 cm³/mol. The number of terminal acetylenes is 1. The van der Waals surface area contributed by atoms with Gasteiger partial charge < -0.3 is 21.3 Å². The standard InChI is InChI=1S/C34H56N4O4/c1-3-5-7-9-11-13-15-17-21-30(39)36-27-23-24-29(38-32(41)26-27)33-28(20-19-25-35-34(33)42)37-31(40)22-18-16-14-12-10-8-6-4-2/h1,4,27-29,33H,2,5-26H2,(H,35,42)(H,36,39)(H,37,40)(H,38,41)/t27?,28-,29-,33?/m0/s1. The summed E-state index contributed by atoms with van der Waals surface area (Å²) in [6.07, 6.45) is 25.7. The van der Waals surface area contributed by atoms with E-state index in [1.807, 2.05) is 6.08 Å². The first-order chi connectivity index (χ1) is 20.4. The van der Waals surface area contributed by atoms with Crippen LogP contribution >= 0.6 is 0 Å². The fraction of sp³-hybridized carbons (Fsp3) is 0.765. The lowest BCUT2D eigenvalue weighted by molar-refractivity contribution is -0.128. The van der Waals surface area contributed by atoms with Crippen molar-refractivity contribution in [3.8, 4) is 12.3 Å². The normalized spacial score (nSPS) is 22.5. The van der Waals surface area contributed by atoms with Gasteiger partial charge in [0.15, 0.2) is 0 Å². The summed E-state index contributed by atoms with van der Waals surface area (Å²) in [5.41, 5.74) is 0. The van der Waals surface area contributed by atoms with E-state index in [0.29, 0.717) is 38.6 Å². The van der Waals surface area contributed by atoms with Gasteiger partial charge in [-0.2, -0.15) is 0 Å².